The second kappa shape index (κ2) is 8.75. The maximum Gasteiger partial charge on any atom is 0.408 e. The second-order valence-corrected chi connectivity index (χ2v) is 7.81. The Bertz CT molecular complexity index is 1300. The van der Waals surface area contributed by atoms with Crippen LogP contribution < -0.4 is 15.0 Å². The van der Waals surface area contributed by atoms with E-state index in [4.69, 9.17) is 14.5 Å². The van der Waals surface area contributed by atoms with Gasteiger partial charge in [0.2, 0.25) is 0 Å². The molecule has 32 heavy (non-hydrogen) atoms. The number of fused-ring (bicyclic) bond motifs is 2. The molecule has 0 spiro atoms. The van der Waals surface area contributed by atoms with Gasteiger partial charge in [-0.1, -0.05) is 18.2 Å². The third kappa shape index (κ3) is 3.91. The van der Waals surface area contributed by atoms with Crippen LogP contribution in [0.15, 0.2) is 54.6 Å². The minimum absolute atomic E-state index is 0.0394. The zero-order valence-electron chi connectivity index (χ0n) is 19.0. The number of amides is 1. The molecule has 4 rings (SSSR count). The van der Waals surface area contributed by atoms with Crippen LogP contribution in [0.4, 0.5) is 16.2 Å². The summed E-state index contributed by atoms with van der Waals surface area (Å²) in [5, 5.41) is 4.53. The van der Waals surface area contributed by atoms with Crippen LogP contribution >= 0.6 is 0 Å². The molecule has 0 radical (unpaired) electrons. The van der Waals surface area contributed by atoms with Gasteiger partial charge >= 0.3 is 6.09 Å². The van der Waals surface area contributed by atoms with Gasteiger partial charge in [-0.2, -0.15) is 0 Å². The Labute approximate surface area is 187 Å². The Balaban J connectivity index is 2.01. The summed E-state index contributed by atoms with van der Waals surface area (Å²) in [5.41, 5.74) is 6.90. The molecule has 0 saturated carbocycles. The summed E-state index contributed by atoms with van der Waals surface area (Å²) in [5.74, 6) is 0.726. The maximum absolute atomic E-state index is 11.9. The van der Waals surface area contributed by atoms with Crippen LogP contribution in [0.25, 0.3) is 21.8 Å². The van der Waals surface area contributed by atoms with Crippen LogP contribution in [-0.4, -0.2) is 32.0 Å². The number of aryl methyl sites for hydroxylation is 2. The summed E-state index contributed by atoms with van der Waals surface area (Å²) in [6.45, 7) is 6.24. The van der Waals surface area contributed by atoms with E-state index in [1.165, 1.54) is 11.1 Å². The van der Waals surface area contributed by atoms with Crippen LogP contribution in [0.1, 0.15) is 16.7 Å². The average Bonchev–Trinajstić information content (AvgIpc) is 2.80. The summed E-state index contributed by atoms with van der Waals surface area (Å²) >= 11 is 0. The van der Waals surface area contributed by atoms with E-state index in [1.807, 2.05) is 48.2 Å². The average molecular weight is 430 g/mol. The van der Waals surface area contributed by atoms with Gasteiger partial charge in [0.05, 0.1) is 23.8 Å². The van der Waals surface area contributed by atoms with Crippen LogP contribution in [0.5, 0.6) is 5.75 Å². The third-order valence-corrected chi connectivity index (χ3v) is 5.79. The molecule has 0 atom stereocenters. The number of carbonyl (C=O) groups excluding carboxylic acids is 1. The highest BCUT2D eigenvalue weighted by Gasteiger charge is 2.21. The van der Waals surface area contributed by atoms with Crippen molar-refractivity contribution in [1.82, 2.24) is 10.3 Å². The van der Waals surface area contributed by atoms with E-state index in [9.17, 15) is 4.79 Å². The minimum Gasteiger partial charge on any atom is -0.496 e. The van der Waals surface area contributed by atoms with Gasteiger partial charge in [0, 0.05) is 35.1 Å². The molecule has 0 unspecified atom stereocenters. The molecule has 0 aliphatic carbocycles. The van der Waals surface area contributed by atoms with Gasteiger partial charge in [-0.05, 0) is 62.2 Å². The second-order valence-electron chi connectivity index (χ2n) is 7.81. The Morgan fingerprint density at radius 2 is 1.72 bits per heavy atom. The molecule has 0 fully saturated rings. The molecular formula is C26H27N3O3. The highest BCUT2D eigenvalue weighted by Crippen LogP contribution is 2.41. The summed E-state index contributed by atoms with van der Waals surface area (Å²) in [7, 11) is 3.20. The van der Waals surface area contributed by atoms with Gasteiger partial charge in [-0.25, -0.2) is 9.78 Å². The van der Waals surface area contributed by atoms with Crippen molar-refractivity contribution in [3.63, 3.8) is 0 Å². The number of rotatable bonds is 5. The minimum atomic E-state index is -0.495. The third-order valence-electron chi connectivity index (χ3n) is 5.79. The molecular weight excluding hydrogens is 402 g/mol. The number of hydrogen-bond acceptors (Lipinski definition) is 5. The first-order valence-corrected chi connectivity index (χ1v) is 10.5. The smallest absolute Gasteiger partial charge is 0.408 e. The molecule has 1 amide bonds. The molecule has 0 aliphatic heterocycles. The van der Waals surface area contributed by atoms with Crippen molar-refractivity contribution in [3.05, 3.63) is 71.3 Å². The van der Waals surface area contributed by atoms with Crippen LogP contribution in [-0.2, 0) is 4.74 Å². The van der Waals surface area contributed by atoms with E-state index in [0.717, 1.165) is 44.5 Å². The Kier molecular flexibility index (Phi) is 5.86. The van der Waals surface area contributed by atoms with Crippen molar-refractivity contribution in [1.29, 1.82) is 0 Å². The van der Waals surface area contributed by atoms with Crippen LogP contribution in [0.2, 0.25) is 0 Å². The van der Waals surface area contributed by atoms with Gasteiger partial charge in [0.25, 0.3) is 0 Å². The van der Waals surface area contributed by atoms with Crippen molar-refractivity contribution < 1.29 is 14.3 Å². The molecule has 1 heterocycles. The Hall–Kier alpha value is -3.80. The van der Waals surface area contributed by atoms with Crippen LogP contribution in [0.3, 0.4) is 0 Å². The number of alkyl carbamates (subject to hydrolysis) is 1. The number of para-hydroxylation sites is 1. The lowest BCUT2D eigenvalue weighted by Crippen LogP contribution is -2.28. The Morgan fingerprint density at radius 3 is 2.41 bits per heavy atom. The summed E-state index contributed by atoms with van der Waals surface area (Å²) in [6.07, 6.45) is -0.495. The molecule has 1 N–H and O–H groups in total. The van der Waals surface area contributed by atoms with E-state index in [1.54, 1.807) is 14.2 Å². The number of hydrogen-bond donors (Lipinski definition) is 1. The number of benzene rings is 3. The lowest BCUT2D eigenvalue weighted by atomic mass is 10.0. The largest absolute Gasteiger partial charge is 0.496 e. The van der Waals surface area contributed by atoms with E-state index < -0.39 is 6.09 Å². The highest BCUT2D eigenvalue weighted by molar-refractivity contribution is 6.03. The summed E-state index contributed by atoms with van der Waals surface area (Å²) in [4.78, 5) is 18.8. The number of anilines is 2. The van der Waals surface area contributed by atoms with Crippen molar-refractivity contribution >= 4 is 39.3 Å². The summed E-state index contributed by atoms with van der Waals surface area (Å²) in [6, 6.07) is 18.2. The topological polar surface area (TPSA) is 63.7 Å². The molecule has 164 valence electrons. The van der Waals surface area contributed by atoms with E-state index in [-0.39, 0.29) is 6.73 Å². The lowest BCUT2D eigenvalue weighted by molar-refractivity contribution is 0.151. The first kappa shape index (κ1) is 21.4. The number of ether oxygens (including phenoxy) is 2. The fourth-order valence-electron chi connectivity index (χ4n) is 3.94. The molecule has 6 heteroatoms. The van der Waals surface area contributed by atoms with E-state index in [2.05, 4.69) is 37.4 Å². The molecule has 0 bridgehead atoms. The number of pyridine rings is 1. The molecule has 6 nitrogen and oxygen atoms in total. The van der Waals surface area contributed by atoms with Gasteiger partial charge < -0.3 is 19.7 Å². The molecule has 3 aromatic carbocycles. The maximum atomic E-state index is 11.9. The van der Waals surface area contributed by atoms with E-state index in [0.29, 0.717) is 0 Å². The lowest BCUT2D eigenvalue weighted by Gasteiger charge is -2.28. The van der Waals surface area contributed by atoms with Gasteiger partial charge in [0.1, 0.15) is 5.75 Å². The van der Waals surface area contributed by atoms with Crippen molar-refractivity contribution in [2.24, 2.45) is 0 Å². The van der Waals surface area contributed by atoms with Gasteiger partial charge in [0.15, 0.2) is 6.73 Å². The fourth-order valence-corrected chi connectivity index (χ4v) is 3.94. The zero-order chi connectivity index (χ0) is 22.8. The molecule has 1 aromatic heterocycles. The normalized spacial score (nSPS) is 10.9. The van der Waals surface area contributed by atoms with Gasteiger partial charge in [-0.3, -0.25) is 0 Å². The fraction of sp³-hybridized carbons (Fsp3) is 0.231. The number of nitrogens with one attached hydrogen (secondary N) is 1. The number of carbonyl (C=O) groups is 1. The first-order chi connectivity index (χ1) is 15.4. The highest BCUT2D eigenvalue weighted by atomic mass is 16.6. The summed E-state index contributed by atoms with van der Waals surface area (Å²) < 4.78 is 11.2. The van der Waals surface area contributed by atoms with Gasteiger partial charge in [-0.15, -0.1) is 0 Å². The predicted molar refractivity (Wildman–Crippen MR) is 129 cm³/mol. The molecule has 0 saturated heterocycles. The van der Waals surface area contributed by atoms with Crippen molar-refractivity contribution in [3.8, 4) is 5.75 Å². The number of aromatic nitrogens is 1. The molecule has 4 aromatic rings. The van der Waals surface area contributed by atoms with E-state index >= 15 is 0 Å². The number of methoxy groups -OCH3 is 1. The monoisotopic (exact) mass is 429 g/mol. The van der Waals surface area contributed by atoms with Crippen molar-refractivity contribution in [2.75, 3.05) is 25.8 Å². The van der Waals surface area contributed by atoms with Crippen LogP contribution in [0, 0.1) is 20.8 Å². The quantitative estimate of drug-likeness (QED) is 0.322. The predicted octanol–water partition coefficient (Wildman–Crippen LogP) is 5.77. The number of nitrogens with zero attached hydrogens (tertiary/aromatic N) is 2. The molecule has 0 aliphatic rings. The van der Waals surface area contributed by atoms with Crippen molar-refractivity contribution in [2.45, 2.75) is 20.8 Å². The SMILES string of the molecule is CNC(=O)OCN(c1ccccc1)c1c(C)c(OC)cc2nc3cc(C)c(C)cc3cc12. The Morgan fingerprint density at radius 1 is 1.00 bits per heavy atom. The first-order valence-electron chi connectivity index (χ1n) is 10.5. The zero-order valence-corrected chi connectivity index (χ0v) is 19.0. The standard InChI is InChI=1S/C26H27N3O3/c1-16-11-19-13-21-23(28-22(19)12-17(16)2)14-24(31-5)18(3)25(21)29(15-32-26(30)27-4)20-9-7-6-8-10-20/h6-14H,15H2,1-5H3,(H,27,30).